The molecule has 1 amide bonds. The van der Waals surface area contributed by atoms with Crippen LogP contribution in [-0.2, 0) is 0 Å². The molecule has 5 nitrogen and oxygen atoms in total. The van der Waals surface area contributed by atoms with Gasteiger partial charge in [0.2, 0.25) is 0 Å². The van der Waals surface area contributed by atoms with Gasteiger partial charge in [-0.15, -0.1) is 0 Å². The van der Waals surface area contributed by atoms with Gasteiger partial charge in [0.1, 0.15) is 5.69 Å². The Morgan fingerprint density at radius 1 is 1.62 bits per heavy atom. The van der Waals surface area contributed by atoms with Crippen LogP contribution < -0.4 is 5.32 Å². The number of carbonyl (C=O) groups is 2. The van der Waals surface area contributed by atoms with Crippen LogP contribution in [0.2, 0.25) is 0 Å². The van der Waals surface area contributed by atoms with Crippen LogP contribution in [0.4, 0.5) is 0 Å². The summed E-state index contributed by atoms with van der Waals surface area (Å²) in [4.78, 5) is 24.4. The number of fused-ring (bicyclic) bond motifs is 1. The summed E-state index contributed by atoms with van der Waals surface area (Å²) < 4.78 is 0. The van der Waals surface area contributed by atoms with Gasteiger partial charge in [0.15, 0.2) is 0 Å². The van der Waals surface area contributed by atoms with Crippen LogP contribution in [-0.4, -0.2) is 22.0 Å². The minimum atomic E-state index is -1.05. The highest BCUT2D eigenvalue weighted by atomic mass is 16.4. The summed E-state index contributed by atoms with van der Waals surface area (Å²) in [5.41, 5.74) is 1.15. The van der Waals surface area contributed by atoms with Gasteiger partial charge >= 0.3 is 5.97 Å². The number of carbonyl (C=O) groups excluding carboxylic acids is 1. The number of aromatic carboxylic acids is 1. The topological polar surface area (TPSA) is 82.2 Å². The summed E-state index contributed by atoms with van der Waals surface area (Å²) in [6, 6.07) is 1.23. The number of hydrogen-bond acceptors (Lipinski definition) is 2. The van der Waals surface area contributed by atoms with Crippen molar-refractivity contribution in [1.29, 1.82) is 0 Å². The molecule has 2 rings (SSSR count). The monoisotopic (exact) mass is 180 g/mol. The number of rotatable bonds is 1. The minimum absolute atomic E-state index is 0.0618. The van der Waals surface area contributed by atoms with Crippen LogP contribution in [0, 0.1) is 0 Å². The zero-order valence-electron chi connectivity index (χ0n) is 6.92. The summed E-state index contributed by atoms with van der Waals surface area (Å²) in [5, 5.41) is 11.3. The van der Waals surface area contributed by atoms with Crippen molar-refractivity contribution in [2.75, 3.05) is 0 Å². The number of H-pyrrole nitrogens is 1. The Bertz CT molecular complexity index is 394. The van der Waals surface area contributed by atoms with Crippen LogP contribution >= 0.6 is 0 Å². The first-order valence-electron chi connectivity index (χ1n) is 3.86. The molecule has 0 saturated carbocycles. The van der Waals surface area contributed by atoms with E-state index in [0.717, 1.165) is 0 Å². The molecular weight excluding hydrogens is 172 g/mol. The molecule has 13 heavy (non-hydrogen) atoms. The Hall–Kier alpha value is -1.78. The average molecular weight is 180 g/mol. The fraction of sp³-hybridized carbons (Fsp3) is 0.250. The molecule has 0 aliphatic carbocycles. The molecule has 5 heteroatoms. The van der Waals surface area contributed by atoms with E-state index >= 15 is 0 Å². The number of carboxylic acids is 1. The first-order chi connectivity index (χ1) is 6.09. The van der Waals surface area contributed by atoms with Crippen molar-refractivity contribution in [3.8, 4) is 0 Å². The van der Waals surface area contributed by atoms with Gasteiger partial charge in [0.25, 0.3) is 5.91 Å². The van der Waals surface area contributed by atoms with E-state index < -0.39 is 5.97 Å². The molecule has 0 aromatic carbocycles. The quantitative estimate of drug-likeness (QED) is 0.589. The van der Waals surface area contributed by atoms with E-state index in [9.17, 15) is 9.59 Å². The number of hydrogen-bond donors (Lipinski definition) is 3. The maximum absolute atomic E-state index is 11.2. The highest BCUT2D eigenvalue weighted by molar-refractivity contribution is 6.01. The van der Waals surface area contributed by atoms with Crippen LogP contribution in [0.25, 0.3) is 0 Å². The Morgan fingerprint density at radius 3 is 2.85 bits per heavy atom. The van der Waals surface area contributed by atoms with Crippen LogP contribution in [0.5, 0.6) is 0 Å². The van der Waals surface area contributed by atoms with Gasteiger partial charge in [-0.05, 0) is 13.0 Å². The maximum Gasteiger partial charge on any atom is 0.352 e. The lowest BCUT2D eigenvalue weighted by Crippen LogP contribution is -2.17. The SMILES string of the molecule is CC1NC(=O)c2cc(C(=O)O)[nH]c21. The lowest BCUT2D eigenvalue weighted by atomic mass is 10.2. The summed E-state index contributed by atoms with van der Waals surface area (Å²) in [6.07, 6.45) is 0. The number of aromatic nitrogens is 1. The van der Waals surface area contributed by atoms with Crippen molar-refractivity contribution in [3.05, 3.63) is 23.0 Å². The second kappa shape index (κ2) is 2.35. The molecule has 1 aliphatic heterocycles. The normalized spacial score (nSPS) is 19.8. The maximum atomic E-state index is 11.2. The Morgan fingerprint density at radius 2 is 2.31 bits per heavy atom. The fourth-order valence-electron chi connectivity index (χ4n) is 1.46. The van der Waals surface area contributed by atoms with E-state index in [1.807, 2.05) is 0 Å². The molecule has 2 heterocycles. The van der Waals surface area contributed by atoms with Crippen molar-refractivity contribution >= 4 is 11.9 Å². The Labute approximate surface area is 73.8 Å². The largest absolute Gasteiger partial charge is 0.477 e. The molecule has 1 aromatic heterocycles. The molecule has 1 aliphatic rings. The van der Waals surface area contributed by atoms with Gasteiger partial charge in [-0.25, -0.2) is 4.79 Å². The van der Waals surface area contributed by atoms with Gasteiger partial charge in [0.05, 0.1) is 17.3 Å². The third kappa shape index (κ3) is 1.00. The van der Waals surface area contributed by atoms with Gasteiger partial charge in [-0.1, -0.05) is 0 Å². The highest BCUT2D eigenvalue weighted by Crippen LogP contribution is 2.24. The third-order valence-electron chi connectivity index (χ3n) is 2.10. The lowest BCUT2D eigenvalue weighted by Gasteiger charge is -2.01. The predicted octanol–water partition coefficient (Wildman–Crippen LogP) is 0.517. The second-order valence-corrected chi connectivity index (χ2v) is 3.01. The standard InChI is InChI=1S/C8H8N2O3/c1-3-6-4(7(11)9-3)2-5(10-6)8(12)13/h2-3,10H,1H3,(H,9,11)(H,12,13). The first-order valence-corrected chi connectivity index (χ1v) is 3.86. The summed E-state index contributed by atoms with van der Waals surface area (Å²) in [6.45, 7) is 1.80. The predicted molar refractivity (Wildman–Crippen MR) is 43.6 cm³/mol. The summed E-state index contributed by atoms with van der Waals surface area (Å²) in [5.74, 6) is -1.26. The van der Waals surface area contributed by atoms with Crippen molar-refractivity contribution in [1.82, 2.24) is 10.3 Å². The first kappa shape index (κ1) is 7.85. The molecule has 1 unspecified atom stereocenters. The average Bonchev–Trinajstić information content (AvgIpc) is 2.55. The molecule has 0 spiro atoms. The lowest BCUT2D eigenvalue weighted by molar-refractivity contribution is 0.0691. The number of nitrogens with one attached hydrogen (secondary N) is 2. The van der Waals surface area contributed by atoms with Crippen molar-refractivity contribution in [2.24, 2.45) is 0 Å². The Kier molecular flexibility index (Phi) is 1.42. The van der Waals surface area contributed by atoms with Gasteiger partial charge in [0, 0.05) is 0 Å². The zero-order chi connectivity index (χ0) is 9.59. The van der Waals surface area contributed by atoms with Gasteiger partial charge < -0.3 is 15.4 Å². The van der Waals surface area contributed by atoms with E-state index in [-0.39, 0.29) is 17.6 Å². The van der Waals surface area contributed by atoms with E-state index in [4.69, 9.17) is 5.11 Å². The molecule has 1 atom stereocenters. The van der Waals surface area contributed by atoms with Crippen molar-refractivity contribution in [2.45, 2.75) is 13.0 Å². The van der Waals surface area contributed by atoms with E-state index in [1.54, 1.807) is 6.92 Å². The molecule has 3 N–H and O–H groups in total. The molecule has 1 aromatic rings. The van der Waals surface area contributed by atoms with Crippen molar-refractivity contribution < 1.29 is 14.7 Å². The summed E-state index contributed by atoms with van der Waals surface area (Å²) >= 11 is 0. The van der Waals surface area contributed by atoms with E-state index in [0.29, 0.717) is 11.3 Å². The van der Waals surface area contributed by atoms with Gasteiger partial charge in [-0.2, -0.15) is 0 Å². The van der Waals surface area contributed by atoms with Gasteiger partial charge in [-0.3, -0.25) is 4.79 Å². The number of carboxylic acid groups (broad SMARTS) is 1. The number of aromatic amines is 1. The second-order valence-electron chi connectivity index (χ2n) is 3.01. The fourth-order valence-corrected chi connectivity index (χ4v) is 1.46. The molecule has 0 bridgehead atoms. The zero-order valence-corrected chi connectivity index (χ0v) is 6.92. The molecule has 0 radical (unpaired) electrons. The minimum Gasteiger partial charge on any atom is -0.477 e. The molecule has 0 fully saturated rings. The highest BCUT2D eigenvalue weighted by Gasteiger charge is 2.28. The summed E-state index contributed by atoms with van der Waals surface area (Å²) in [7, 11) is 0. The van der Waals surface area contributed by atoms with E-state index in [1.165, 1.54) is 6.07 Å². The molecular formula is C8H8N2O3. The number of amides is 1. The smallest absolute Gasteiger partial charge is 0.352 e. The van der Waals surface area contributed by atoms with Crippen LogP contribution in [0.1, 0.15) is 39.5 Å². The third-order valence-corrected chi connectivity index (χ3v) is 2.10. The molecule has 0 saturated heterocycles. The van der Waals surface area contributed by atoms with E-state index in [2.05, 4.69) is 10.3 Å². The molecule has 68 valence electrons. The van der Waals surface area contributed by atoms with Crippen molar-refractivity contribution in [3.63, 3.8) is 0 Å². The van der Waals surface area contributed by atoms with Crippen LogP contribution in [0.3, 0.4) is 0 Å². The Balaban J connectivity index is 2.52. The van der Waals surface area contributed by atoms with Crippen LogP contribution in [0.15, 0.2) is 6.07 Å².